The molecule has 0 spiro atoms. The predicted molar refractivity (Wildman–Crippen MR) is 87.5 cm³/mol. The maximum atomic E-state index is 4.64. The molecular weight excluding hydrogens is 272 g/mol. The van der Waals surface area contributed by atoms with Crippen molar-refractivity contribution >= 4 is 11.0 Å². The highest BCUT2D eigenvalue weighted by Crippen LogP contribution is 2.29. The van der Waals surface area contributed by atoms with Gasteiger partial charge in [0.25, 0.3) is 0 Å². The molecule has 3 heterocycles. The van der Waals surface area contributed by atoms with E-state index in [9.17, 15) is 0 Å². The van der Waals surface area contributed by atoms with Gasteiger partial charge in [0.1, 0.15) is 5.65 Å². The number of fused-ring (bicyclic) bond motifs is 1. The van der Waals surface area contributed by atoms with Crippen LogP contribution in [0.5, 0.6) is 0 Å². The molecule has 1 aromatic carbocycles. The SMILES string of the molecule is Cn1cc(-c2cn[nH]c2)c2cc(Cc3ccccc3)cnc21. The molecule has 0 radical (unpaired) electrons. The molecule has 22 heavy (non-hydrogen) atoms. The maximum Gasteiger partial charge on any atom is 0.140 e. The minimum Gasteiger partial charge on any atom is -0.335 e. The molecule has 0 atom stereocenters. The smallest absolute Gasteiger partial charge is 0.140 e. The van der Waals surface area contributed by atoms with Gasteiger partial charge >= 0.3 is 0 Å². The molecule has 0 fully saturated rings. The summed E-state index contributed by atoms with van der Waals surface area (Å²) in [6.07, 6.45) is 8.73. The van der Waals surface area contributed by atoms with Crippen LogP contribution >= 0.6 is 0 Å². The molecule has 0 amide bonds. The third-order valence-corrected chi connectivity index (χ3v) is 3.93. The maximum absolute atomic E-state index is 4.64. The van der Waals surface area contributed by atoms with Crippen molar-refractivity contribution in [1.82, 2.24) is 19.7 Å². The summed E-state index contributed by atoms with van der Waals surface area (Å²) in [6, 6.07) is 12.7. The first-order chi connectivity index (χ1) is 10.8. The number of nitrogens with one attached hydrogen (secondary N) is 1. The van der Waals surface area contributed by atoms with E-state index in [1.54, 1.807) is 0 Å². The van der Waals surface area contributed by atoms with E-state index in [0.717, 1.165) is 28.6 Å². The monoisotopic (exact) mass is 288 g/mol. The highest BCUT2D eigenvalue weighted by atomic mass is 15.1. The van der Waals surface area contributed by atoms with Crippen LogP contribution in [-0.2, 0) is 13.5 Å². The van der Waals surface area contributed by atoms with Gasteiger partial charge in [-0.25, -0.2) is 4.98 Å². The van der Waals surface area contributed by atoms with Crippen LogP contribution < -0.4 is 0 Å². The van der Waals surface area contributed by atoms with Gasteiger partial charge < -0.3 is 4.57 Å². The van der Waals surface area contributed by atoms with Crippen molar-refractivity contribution in [2.45, 2.75) is 6.42 Å². The molecule has 4 rings (SSSR count). The normalized spacial score (nSPS) is 11.1. The zero-order valence-corrected chi connectivity index (χ0v) is 12.3. The van der Waals surface area contributed by atoms with Crippen LogP contribution in [0.3, 0.4) is 0 Å². The Morgan fingerprint density at radius 2 is 1.95 bits per heavy atom. The van der Waals surface area contributed by atoms with Gasteiger partial charge in [-0.15, -0.1) is 0 Å². The van der Waals surface area contributed by atoms with E-state index in [-0.39, 0.29) is 0 Å². The van der Waals surface area contributed by atoms with Crippen LogP contribution in [0.15, 0.2) is 61.2 Å². The Morgan fingerprint density at radius 3 is 2.73 bits per heavy atom. The molecule has 4 heteroatoms. The molecule has 4 nitrogen and oxygen atoms in total. The second-order valence-corrected chi connectivity index (χ2v) is 5.52. The summed E-state index contributed by atoms with van der Waals surface area (Å²) in [4.78, 5) is 4.64. The third-order valence-electron chi connectivity index (χ3n) is 3.93. The lowest BCUT2D eigenvalue weighted by atomic mass is 10.0. The van der Waals surface area contributed by atoms with E-state index >= 15 is 0 Å². The fourth-order valence-corrected chi connectivity index (χ4v) is 2.86. The number of aromatic amines is 1. The van der Waals surface area contributed by atoms with Crippen LogP contribution in [0.25, 0.3) is 22.2 Å². The van der Waals surface area contributed by atoms with Gasteiger partial charge in [0.2, 0.25) is 0 Å². The second-order valence-electron chi connectivity index (χ2n) is 5.52. The first-order valence-corrected chi connectivity index (χ1v) is 7.28. The van der Waals surface area contributed by atoms with E-state index < -0.39 is 0 Å². The lowest BCUT2D eigenvalue weighted by Crippen LogP contribution is -1.92. The molecular formula is C18H16N4. The first kappa shape index (κ1) is 12.8. The number of hydrogen-bond acceptors (Lipinski definition) is 2. The minimum atomic E-state index is 0.892. The molecule has 3 aromatic heterocycles. The van der Waals surface area contributed by atoms with Gasteiger partial charge in [0, 0.05) is 42.2 Å². The van der Waals surface area contributed by atoms with Crippen LogP contribution in [0.2, 0.25) is 0 Å². The molecule has 1 N–H and O–H groups in total. The van der Waals surface area contributed by atoms with Crippen LogP contribution in [-0.4, -0.2) is 19.7 Å². The minimum absolute atomic E-state index is 0.892. The third kappa shape index (κ3) is 2.19. The van der Waals surface area contributed by atoms with E-state index in [0.29, 0.717) is 0 Å². The summed E-state index contributed by atoms with van der Waals surface area (Å²) in [5, 5.41) is 8.09. The van der Waals surface area contributed by atoms with Gasteiger partial charge in [-0.3, -0.25) is 5.10 Å². The second kappa shape index (κ2) is 5.15. The number of pyridine rings is 1. The molecule has 0 bridgehead atoms. The highest BCUT2D eigenvalue weighted by molar-refractivity contribution is 5.94. The standard InChI is InChI=1S/C18H16N4/c1-22-12-17(15-10-20-21-11-15)16-8-14(9-19-18(16)22)7-13-5-3-2-4-6-13/h2-6,8-12H,7H2,1H3,(H,20,21). The van der Waals surface area contributed by atoms with Gasteiger partial charge in [0.15, 0.2) is 0 Å². The summed E-state index contributed by atoms with van der Waals surface area (Å²) in [5.41, 5.74) is 5.75. The Hall–Kier alpha value is -2.88. The largest absolute Gasteiger partial charge is 0.335 e. The number of benzene rings is 1. The molecule has 0 aliphatic carbocycles. The van der Waals surface area contributed by atoms with Crippen molar-refractivity contribution in [3.63, 3.8) is 0 Å². The number of nitrogens with zero attached hydrogens (tertiary/aromatic N) is 3. The van der Waals surface area contributed by atoms with Gasteiger partial charge in [-0.2, -0.15) is 5.10 Å². The zero-order valence-electron chi connectivity index (χ0n) is 12.3. The molecule has 0 aliphatic rings. The molecule has 0 aliphatic heterocycles. The molecule has 0 unspecified atom stereocenters. The first-order valence-electron chi connectivity index (χ1n) is 7.28. The quantitative estimate of drug-likeness (QED) is 0.626. The zero-order chi connectivity index (χ0) is 14.9. The molecule has 108 valence electrons. The fourth-order valence-electron chi connectivity index (χ4n) is 2.86. The summed E-state index contributed by atoms with van der Waals surface area (Å²) in [5.74, 6) is 0. The Labute approximate surface area is 128 Å². The highest BCUT2D eigenvalue weighted by Gasteiger charge is 2.11. The van der Waals surface area contributed by atoms with Crippen LogP contribution in [0.1, 0.15) is 11.1 Å². The Balaban J connectivity index is 1.81. The van der Waals surface area contributed by atoms with E-state index in [1.165, 1.54) is 11.1 Å². The Morgan fingerprint density at radius 1 is 1.09 bits per heavy atom. The predicted octanol–water partition coefficient (Wildman–Crippen LogP) is 3.55. The van der Waals surface area contributed by atoms with E-state index in [1.807, 2.05) is 31.7 Å². The average Bonchev–Trinajstić information content (AvgIpc) is 3.17. The van der Waals surface area contributed by atoms with Crippen molar-refractivity contribution in [2.75, 3.05) is 0 Å². The lowest BCUT2D eigenvalue weighted by Gasteiger charge is -2.03. The van der Waals surface area contributed by atoms with Crippen LogP contribution in [0, 0.1) is 0 Å². The average molecular weight is 288 g/mol. The number of H-pyrrole nitrogens is 1. The summed E-state index contributed by atoms with van der Waals surface area (Å²) in [7, 11) is 2.02. The van der Waals surface area contributed by atoms with Crippen LogP contribution in [0.4, 0.5) is 0 Å². The van der Waals surface area contributed by atoms with E-state index in [2.05, 4.69) is 56.3 Å². The Bertz CT molecular complexity index is 905. The van der Waals surface area contributed by atoms with Crippen molar-refractivity contribution < 1.29 is 0 Å². The number of aryl methyl sites for hydroxylation is 1. The number of hydrogen-bond donors (Lipinski definition) is 1. The summed E-state index contributed by atoms with van der Waals surface area (Å²) >= 11 is 0. The fraction of sp³-hybridized carbons (Fsp3) is 0.111. The van der Waals surface area contributed by atoms with Crippen molar-refractivity contribution in [3.05, 3.63) is 72.3 Å². The molecule has 4 aromatic rings. The number of rotatable bonds is 3. The molecule has 0 saturated heterocycles. The topological polar surface area (TPSA) is 46.5 Å². The Kier molecular flexibility index (Phi) is 3.00. The summed E-state index contributed by atoms with van der Waals surface area (Å²) in [6.45, 7) is 0. The molecule has 0 saturated carbocycles. The number of aromatic nitrogens is 4. The van der Waals surface area contributed by atoms with Crippen molar-refractivity contribution in [2.24, 2.45) is 7.05 Å². The van der Waals surface area contributed by atoms with Gasteiger partial charge in [-0.1, -0.05) is 30.3 Å². The van der Waals surface area contributed by atoms with Crippen molar-refractivity contribution in [3.8, 4) is 11.1 Å². The van der Waals surface area contributed by atoms with Gasteiger partial charge in [-0.05, 0) is 23.6 Å². The van der Waals surface area contributed by atoms with Gasteiger partial charge in [0.05, 0.1) is 6.20 Å². The van der Waals surface area contributed by atoms with Crippen molar-refractivity contribution in [1.29, 1.82) is 0 Å². The summed E-state index contributed by atoms with van der Waals surface area (Å²) < 4.78 is 2.06. The van der Waals surface area contributed by atoms with E-state index in [4.69, 9.17) is 0 Å². The lowest BCUT2D eigenvalue weighted by molar-refractivity contribution is 0.947.